The van der Waals surface area contributed by atoms with Crippen molar-refractivity contribution in [2.24, 2.45) is 0 Å². The van der Waals surface area contributed by atoms with Crippen LogP contribution in [0, 0.1) is 0 Å². The molecule has 4 heteroatoms. The summed E-state index contributed by atoms with van der Waals surface area (Å²) in [6.45, 7) is 6.76. The molecule has 0 aromatic rings. The van der Waals surface area contributed by atoms with Crippen LogP contribution in [0.3, 0.4) is 0 Å². The van der Waals surface area contributed by atoms with Crippen molar-refractivity contribution in [3.8, 4) is 0 Å². The molecular formula is C8H18NO2P. The van der Waals surface area contributed by atoms with Gasteiger partial charge in [-0.3, -0.25) is 4.79 Å². The fraction of sp³-hybridized carbons (Fsp3) is 0.875. The van der Waals surface area contributed by atoms with Crippen LogP contribution < -0.4 is 0 Å². The van der Waals surface area contributed by atoms with E-state index in [2.05, 4.69) is 0 Å². The minimum Gasteiger partial charge on any atom is -0.348 e. The van der Waals surface area contributed by atoms with Crippen LogP contribution in [0.1, 0.15) is 13.8 Å². The molecule has 0 bridgehead atoms. The molecule has 0 unspecified atom stereocenters. The Labute approximate surface area is 74.5 Å². The fourth-order valence-electron chi connectivity index (χ4n) is 0.778. The van der Waals surface area contributed by atoms with Gasteiger partial charge in [0, 0.05) is 14.1 Å². The lowest BCUT2D eigenvalue weighted by Gasteiger charge is -2.30. The van der Waals surface area contributed by atoms with Crippen molar-refractivity contribution in [2.75, 3.05) is 27.4 Å². The van der Waals surface area contributed by atoms with E-state index in [1.165, 1.54) is 4.90 Å². The molecule has 0 aromatic carbocycles. The largest absolute Gasteiger partial charge is 0.348 e. The number of hydrogen-bond acceptors (Lipinski definition) is 2. The summed E-state index contributed by atoms with van der Waals surface area (Å²) < 4.78 is 11.7. The number of hydrogen-bond donors (Lipinski definition) is 0. The molecule has 0 spiro atoms. The monoisotopic (exact) mass is 191 g/mol. The zero-order valence-corrected chi connectivity index (χ0v) is 9.61. The Bertz CT molecular complexity index is 227. The Hall–Kier alpha value is -0.300. The van der Waals surface area contributed by atoms with Crippen molar-refractivity contribution in [1.82, 2.24) is 4.90 Å². The average molecular weight is 191 g/mol. The Morgan fingerprint density at radius 1 is 1.25 bits per heavy atom. The van der Waals surface area contributed by atoms with E-state index in [-0.39, 0.29) is 5.91 Å². The third kappa shape index (κ3) is 2.10. The summed E-state index contributed by atoms with van der Waals surface area (Å²) in [5.41, 5.74) is 0. The molecule has 0 N–H and O–H groups in total. The first kappa shape index (κ1) is 11.7. The minimum atomic E-state index is -2.37. The molecule has 0 radical (unpaired) electrons. The molecular weight excluding hydrogens is 173 g/mol. The summed E-state index contributed by atoms with van der Waals surface area (Å²) in [7, 11) is 0.991. The maximum Gasteiger partial charge on any atom is 0.235 e. The molecule has 0 aliphatic carbocycles. The molecule has 0 fully saturated rings. The number of amides is 1. The van der Waals surface area contributed by atoms with Gasteiger partial charge in [0.25, 0.3) is 0 Å². The van der Waals surface area contributed by atoms with Gasteiger partial charge in [-0.2, -0.15) is 0 Å². The summed E-state index contributed by atoms with van der Waals surface area (Å²) in [4.78, 5) is 13.1. The van der Waals surface area contributed by atoms with Gasteiger partial charge in [0.15, 0.2) is 0 Å². The highest BCUT2D eigenvalue weighted by Gasteiger charge is 2.40. The van der Waals surface area contributed by atoms with Crippen molar-refractivity contribution in [3.05, 3.63) is 0 Å². The highest BCUT2D eigenvalue weighted by Crippen LogP contribution is 2.51. The number of carbonyl (C=O) groups is 1. The molecule has 0 aliphatic heterocycles. The highest BCUT2D eigenvalue weighted by atomic mass is 31.2. The summed E-state index contributed by atoms with van der Waals surface area (Å²) in [6, 6.07) is 0. The van der Waals surface area contributed by atoms with Crippen LogP contribution >= 0.6 is 7.14 Å². The standard InChI is InChI=1S/C8H18NO2P/c1-8(2,12(5,6)11)7(10)9(3)4/h1-6H3. The van der Waals surface area contributed by atoms with Crippen LogP contribution in [0.15, 0.2) is 0 Å². The van der Waals surface area contributed by atoms with Crippen LogP contribution in [0.25, 0.3) is 0 Å². The Morgan fingerprint density at radius 2 is 1.58 bits per heavy atom. The number of rotatable bonds is 2. The van der Waals surface area contributed by atoms with Crippen LogP contribution in [-0.2, 0) is 9.36 Å². The SMILES string of the molecule is CN(C)C(=O)C(C)(C)P(C)(C)=O. The lowest BCUT2D eigenvalue weighted by molar-refractivity contribution is -0.130. The van der Waals surface area contributed by atoms with Crippen LogP contribution in [0.5, 0.6) is 0 Å². The van der Waals surface area contributed by atoms with E-state index in [1.54, 1.807) is 41.3 Å². The zero-order valence-electron chi connectivity index (χ0n) is 8.71. The molecule has 0 aliphatic rings. The van der Waals surface area contributed by atoms with Gasteiger partial charge in [0.2, 0.25) is 5.91 Å². The first-order valence-electron chi connectivity index (χ1n) is 3.87. The van der Waals surface area contributed by atoms with E-state index in [4.69, 9.17) is 0 Å². The predicted molar refractivity (Wildman–Crippen MR) is 52.2 cm³/mol. The molecule has 0 rings (SSSR count). The van der Waals surface area contributed by atoms with Crippen LogP contribution in [0.2, 0.25) is 0 Å². The normalized spacial score (nSPS) is 12.8. The van der Waals surface area contributed by atoms with Crippen molar-refractivity contribution >= 4 is 13.0 Å². The van der Waals surface area contributed by atoms with E-state index in [9.17, 15) is 9.36 Å². The third-order valence-electron chi connectivity index (χ3n) is 2.28. The lowest BCUT2D eigenvalue weighted by atomic mass is 10.2. The second kappa shape index (κ2) is 3.21. The van der Waals surface area contributed by atoms with Crippen molar-refractivity contribution < 1.29 is 9.36 Å². The van der Waals surface area contributed by atoms with Gasteiger partial charge >= 0.3 is 0 Å². The second-order valence-electron chi connectivity index (χ2n) is 4.11. The number of carbonyl (C=O) groups excluding carboxylic acids is 1. The summed E-state index contributed by atoms with van der Waals surface area (Å²) in [5, 5.41) is -0.740. The van der Waals surface area contributed by atoms with Gasteiger partial charge in [-0.1, -0.05) is 0 Å². The molecule has 72 valence electrons. The van der Waals surface area contributed by atoms with Gasteiger partial charge in [-0.05, 0) is 27.2 Å². The lowest BCUT2D eigenvalue weighted by Crippen LogP contribution is -2.40. The summed E-state index contributed by atoms with van der Waals surface area (Å²) in [6.07, 6.45) is 0. The minimum absolute atomic E-state index is 0.0733. The first-order chi connectivity index (χ1) is 5.10. The van der Waals surface area contributed by atoms with E-state index in [1.807, 2.05) is 0 Å². The van der Waals surface area contributed by atoms with E-state index in [0.29, 0.717) is 0 Å². The maximum atomic E-state index is 11.7. The van der Waals surface area contributed by atoms with Crippen LogP contribution in [-0.4, -0.2) is 43.4 Å². The Kier molecular flexibility index (Phi) is 3.13. The topological polar surface area (TPSA) is 37.4 Å². The summed E-state index contributed by atoms with van der Waals surface area (Å²) >= 11 is 0. The molecule has 0 atom stereocenters. The predicted octanol–water partition coefficient (Wildman–Crippen LogP) is 1.48. The zero-order chi connectivity index (χ0) is 10.2. The summed E-state index contributed by atoms with van der Waals surface area (Å²) in [5.74, 6) is -0.0733. The van der Waals surface area contributed by atoms with Crippen molar-refractivity contribution in [3.63, 3.8) is 0 Å². The highest BCUT2D eigenvalue weighted by molar-refractivity contribution is 7.65. The molecule has 3 nitrogen and oxygen atoms in total. The maximum absolute atomic E-state index is 11.7. The van der Waals surface area contributed by atoms with E-state index < -0.39 is 12.3 Å². The van der Waals surface area contributed by atoms with Gasteiger partial charge in [0.1, 0.15) is 0 Å². The molecule has 0 saturated heterocycles. The molecule has 1 amide bonds. The first-order valence-corrected chi connectivity index (χ1v) is 6.47. The Morgan fingerprint density at radius 3 is 1.67 bits per heavy atom. The number of nitrogens with zero attached hydrogens (tertiary/aromatic N) is 1. The van der Waals surface area contributed by atoms with Crippen molar-refractivity contribution in [1.29, 1.82) is 0 Å². The molecule has 12 heavy (non-hydrogen) atoms. The van der Waals surface area contributed by atoms with Gasteiger partial charge in [-0.15, -0.1) is 0 Å². The second-order valence-corrected chi connectivity index (χ2v) is 7.93. The fourth-order valence-corrected chi connectivity index (χ4v) is 1.44. The van der Waals surface area contributed by atoms with Crippen LogP contribution in [0.4, 0.5) is 0 Å². The van der Waals surface area contributed by atoms with Gasteiger partial charge in [-0.25, -0.2) is 0 Å². The average Bonchev–Trinajstić information content (AvgIpc) is 1.83. The molecule has 0 saturated carbocycles. The smallest absolute Gasteiger partial charge is 0.235 e. The van der Waals surface area contributed by atoms with E-state index >= 15 is 0 Å². The quantitative estimate of drug-likeness (QED) is 0.620. The Balaban J connectivity index is 4.87. The third-order valence-corrected chi connectivity index (χ3v) is 5.16. The van der Waals surface area contributed by atoms with Gasteiger partial charge in [0.05, 0.1) is 12.3 Å². The van der Waals surface area contributed by atoms with E-state index in [0.717, 1.165) is 0 Å². The molecule has 0 heterocycles. The van der Waals surface area contributed by atoms with Gasteiger partial charge < -0.3 is 9.46 Å². The van der Waals surface area contributed by atoms with Crippen molar-refractivity contribution in [2.45, 2.75) is 19.0 Å². The molecule has 0 aromatic heterocycles.